The summed E-state index contributed by atoms with van der Waals surface area (Å²) in [5.74, 6) is -0.102. The van der Waals surface area contributed by atoms with Crippen molar-refractivity contribution >= 4 is 22.5 Å². The average molecular weight is 406 g/mol. The number of aliphatic hydroxyl groups is 2. The first-order valence-electron chi connectivity index (χ1n) is 10.1. The van der Waals surface area contributed by atoms with Crippen LogP contribution in [0.5, 0.6) is 0 Å². The molecule has 0 fully saturated rings. The Labute approximate surface area is 175 Å². The summed E-state index contributed by atoms with van der Waals surface area (Å²) in [4.78, 5) is 21.8. The Morgan fingerprint density at radius 3 is 2.77 bits per heavy atom. The summed E-state index contributed by atoms with van der Waals surface area (Å²) in [6.07, 6.45) is 4.12. The lowest BCUT2D eigenvalue weighted by Crippen LogP contribution is -2.37. The lowest BCUT2D eigenvalue weighted by Gasteiger charge is -2.27. The van der Waals surface area contributed by atoms with Crippen molar-refractivity contribution in [2.75, 3.05) is 33.3 Å². The molecule has 0 bridgehead atoms. The zero-order chi connectivity index (χ0) is 21.1. The van der Waals surface area contributed by atoms with Crippen molar-refractivity contribution in [3.63, 3.8) is 0 Å². The van der Waals surface area contributed by atoms with E-state index in [1.54, 1.807) is 13.2 Å². The van der Waals surface area contributed by atoms with Crippen molar-refractivity contribution in [3.05, 3.63) is 59.9 Å². The van der Waals surface area contributed by atoms with Crippen LogP contribution in [0.2, 0.25) is 0 Å². The predicted octanol–water partition coefficient (Wildman–Crippen LogP) is 2.03. The molecule has 0 aliphatic carbocycles. The van der Waals surface area contributed by atoms with E-state index in [1.807, 2.05) is 30.3 Å². The Hall–Kier alpha value is -3.00. The molecule has 30 heavy (non-hydrogen) atoms. The number of H-pyrrole nitrogens is 1. The standard InChI is InChI=1S/C23H26N4O3/c1-24-23(30)17-4-2-15(3-5-17)19-6-9-25-22-20(19)12-21(26-22)16-7-10-27(11-8-16)13-18(29)14-28/h2-7,9,12,18,28-29H,8,10-11,13-14H2,1H3,(H,24,30)(H,25,26). The minimum absolute atomic E-state index is 0.102. The van der Waals surface area contributed by atoms with Gasteiger partial charge in [-0.05, 0) is 47.4 Å². The Kier molecular flexibility index (Phi) is 5.94. The van der Waals surface area contributed by atoms with Gasteiger partial charge in [-0.2, -0.15) is 0 Å². The van der Waals surface area contributed by atoms with Crippen molar-refractivity contribution in [1.29, 1.82) is 0 Å². The lowest BCUT2D eigenvalue weighted by molar-refractivity contribution is 0.0623. The highest BCUT2D eigenvalue weighted by atomic mass is 16.3. The quantitative estimate of drug-likeness (QED) is 0.502. The van der Waals surface area contributed by atoms with Gasteiger partial charge in [-0.25, -0.2) is 4.98 Å². The molecule has 3 aromatic rings. The predicted molar refractivity (Wildman–Crippen MR) is 117 cm³/mol. The number of hydrogen-bond donors (Lipinski definition) is 4. The van der Waals surface area contributed by atoms with Crippen LogP contribution in [0.4, 0.5) is 0 Å². The number of amides is 1. The number of aromatic amines is 1. The smallest absolute Gasteiger partial charge is 0.251 e. The van der Waals surface area contributed by atoms with Crippen LogP contribution < -0.4 is 5.32 Å². The molecule has 1 aliphatic heterocycles. The van der Waals surface area contributed by atoms with E-state index >= 15 is 0 Å². The number of carbonyl (C=O) groups excluding carboxylic acids is 1. The van der Waals surface area contributed by atoms with E-state index in [0.717, 1.165) is 47.4 Å². The molecule has 7 nitrogen and oxygen atoms in total. The molecule has 1 atom stereocenters. The number of nitrogens with one attached hydrogen (secondary N) is 2. The summed E-state index contributed by atoms with van der Waals surface area (Å²) in [6.45, 7) is 1.83. The molecule has 1 unspecified atom stereocenters. The van der Waals surface area contributed by atoms with Crippen LogP contribution >= 0.6 is 0 Å². The molecule has 156 valence electrons. The van der Waals surface area contributed by atoms with Crippen LogP contribution in [0, 0.1) is 0 Å². The minimum Gasteiger partial charge on any atom is -0.394 e. The number of nitrogens with zero attached hydrogens (tertiary/aromatic N) is 2. The largest absolute Gasteiger partial charge is 0.394 e. The van der Waals surface area contributed by atoms with Crippen LogP contribution in [-0.2, 0) is 0 Å². The van der Waals surface area contributed by atoms with Gasteiger partial charge in [0.1, 0.15) is 5.65 Å². The summed E-state index contributed by atoms with van der Waals surface area (Å²) in [5, 5.41) is 22.3. The number of pyridine rings is 1. The highest BCUT2D eigenvalue weighted by Gasteiger charge is 2.18. The first kappa shape index (κ1) is 20.3. The van der Waals surface area contributed by atoms with Crippen molar-refractivity contribution in [2.24, 2.45) is 0 Å². The van der Waals surface area contributed by atoms with Gasteiger partial charge in [0, 0.05) is 49.5 Å². The first-order valence-corrected chi connectivity index (χ1v) is 10.1. The van der Waals surface area contributed by atoms with Gasteiger partial charge in [-0.1, -0.05) is 18.2 Å². The van der Waals surface area contributed by atoms with Gasteiger partial charge in [0.25, 0.3) is 5.91 Å². The monoisotopic (exact) mass is 406 g/mol. The fourth-order valence-corrected chi connectivity index (χ4v) is 3.87. The Balaban J connectivity index is 1.59. The molecule has 1 amide bonds. The molecule has 7 heteroatoms. The zero-order valence-corrected chi connectivity index (χ0v) is 16.9. The van der Waals surface area contributed by atoms with Gasteiger partial charge >= 0.3 is 0 Å². The molecule has 0 saturated heterocycles. The summed E-state index contributed by atoms with van der Waals surface area (Å²) in [6, 6.07) is 11.7. The normalized spacial score (nSPS) is 15.8. The van der Waals surface area contributed by atoms with Crippen molar-refractivity contribution < 1.29 is 15.0 Å². The first-order chi connectivity index (χ1) is 14.6. The summed E-state index contributed by atoms with van der Waals surface area (Å²) >= 11 is 0. The van der Waals surface area contributed by atoms with E-state index in [-0.39, 0.29) is 12.5 Å². The van der Waals surface area contributed by atoms with Gasteiger partial charge in [0.05, 0.1) is 12.7 Å². The SMILES string of the molecule is CNC(=O)c1ccc(-c2ccnc3[nH]c(C4=CCN(CC(O)CO)CC4)cc23)cc1. The number of benzene rings is 1. The van der Waals surface area contributed by atoms with Crippen LogP contribution in [0.15, 0.2) is 48.7 Å². The number of rotatable bonds is 6. The Bertz CT molecular complexity index is 1070. The zero-order valence-electron chi connectivity index (χ0n) is 16.9. The second-order valence-electron chi connectivity index (χ2n) is 7.54. The van der Waals surface area contributed by atoms with E-state index in [2.05, 4.69) is 32.3 Å². The number of carbonyl (C=O) groups is 1. The van der Waals surface area contributed by atoms with Gasteiger partial charge in [-0.3, -0.25) is 9.69 Å². The molecule has 0 radical (unpaired) electrons. The van der Waals surface area contributed by atoms with Crippen molar-refractivity contribution in [2.45, 2.75) is 12.5 Å². The van der Waals surface area contributed by atoms with Crippen LogP contribution in [-0.4, -0.2) is 70.4 Å². The van der Waals surface area contributed by atoms with Crippen molar-refractivity contribution in [1.82, 2.24) is 20.2 Å². The molecular formula is C23H26N4O3. The third kappa shape index (κ3) is 4.14. The number of fused-ring (bicyclic) bond motifs is 1. The maximum absolute atomic E-state index is 11.8. The van der Waals surface area contributed by atoms with Gasteiger partial charge in [0.2, 0.25) is 0 Å². The lowest BCUT2D eigenvalue weighted by atomic mass is 10.0. The molecule has 2 aromatic heterocycles. The van der Waals surface area contributed by atoms with E-state index in [1.165, 1.54) is 5.57 Å². The summed E-state index contributed by atoms with van der Waals surface area (Å²) < 4.78 is 0. The maximum atomic E-state index is 11.8. The van der Waals surface area contributed by atoms with E-state index in [0.29, 0.717) is 12.1 Å². The molecule has 3 heterocycles. The highest BCUT2D eigenvalue weighted by Crippen LogP contribution is 2.31. The molecule has 0 saturated carbocycles. The topological polar surface area (TPSA) is 101 Å². The number of β-amino-alcohol motifs (C(OH)–C–C–N with tert-alkyl or cyclic N) is 1. The van der Waals surface area contributed by atoms with E-state index in [9.17, 15) is 9.90 Å². The summed E-state index contributed by atoms with van der Waals surface area (Å²) in [7, 11) is 1.62. The van der Waals surface area contributed by atoms with E-state index in [4.69, 9.17) is 5.11 Å². The number of hydrogen-bond acceptors (Lipinski definition) is 5. The minimum atomic E-state index is -0.699. The van der Waals surface area contributed by atoms with Crippen LogP contribution in [0.1, 0.15) is 22.5 Å². The second-order valence-corrected chi connectivity index (χ2v) is 7.54. The fraction of sp³-hybridized carbons (Fsp3) is 0.304. The van der Waals surface area contributed by atoms with Crippen LogP contribution in [0.3, 0.4) is 0 Å². The average Bonchev–Trinajstić information content (AvgIpc) is 3.23. The van der Waals surface area contributed by atoms with E-state index < -0.39 is 6.10 Å². The molecule has 4 rings (SSSR count). The highest BCUT2D eigenvalue weighted by molar-refractivity contribution is 5.97. The Morgan fingerprint density at radius 2 is 2.10 bits per heavy atom. The molecule has 1 aliphatic rings. The van der Waals surface area contributed by atoms with Gasteiger partial charge < -0.3 is 20.5 Å². The molecule has 1 aromatic carbocycles. The Morgan fingerprint density at radius 1 is 1.30 bits per heavy atom. The third-order valence-electron chi connectivity index (χ3n) is 5.54. The number of aliphatic hydroxyl groups excluding tert-OH is 2. The second kappa shape index (κ2) is 8.79. The van der Waals surface area contributed by atoms with Gasteiger partial charge in [-0.15, -0.1) is 0 Å². The van der Waals surface area contributed by atoms with Gasteiger partial charge in [0.15, 0.2) is 0 Å². The molecule has 4 N–H and O–H groups in total. The third-order valence-corrected chi connectivity index (χ3v) is 5.54. The van der Waals surface area contributed by atoms with Crippen LogP contribution in [0.25, 0.3) is 27.7 Å². The molecular weight excluding hydrogens is 380 g/mol. The summed E-state index contributed by atoms with van der Waals surface area (Å²) in [5.41, 5.74) is 5.83. The fourth-order valence-electron chi connectivity index (χ4n) is 3.87. The number of aromatic nitrogens is 2. The maximum Gasteiger partial charge on any atom is 0.251 e. The molecule has 0 spiro atoms. The van der Waals surface area contributed by atoms with Crippen molar-refractivity contribution in [3.8, 4) is 11.1 Å².